The molecule has 0 spiro atoms. The molecular formula is C10H10ClNO3. The van der Waals surface area contributed by atoms with Gasteiger partial charge in [0.15, 0.2) is 0 Å². The van der Waals surface area contributed by atoms with E-state index in [-0.39, 0.29) is 6.54 Å². The summed E-state index contributed by atoms with van der Waals surface area (Å²) in [6.45, 7) is 0.242. The largest absolute Gasteiger partial charge is 0.481 e. The van der Waals surface area contributed by atoms with Gasteiger partial charge in [0.1, 0.15) is 6.42 Å². The van der Waals surface area contributed by atoms with E-state index in [0.717, 1.165) is 5.56 Å². The smallest absolute Gasteiger partial charge is 0.312 e. The topological polar surface area (TPSA) is 66.4 Å². The summed E-state index contributed by atoms with van der Waals surface area (Å²) in [5.41, 5.74) is 0.762. The number of halogens is 1. The highest BCUT2D eigenvalue weighted by Crippen LogP contribution is 2.14. The van der Waals surface area contributed by atoms with Gasteiger partial charge in [-0.15, -0.1) is 0 Å². The molecule has 0 heterocycles. The van der Waals surface area contributed by atoms with Gasteiger partial charge in [0.25, 0.3) is 0 Å². The monoisotopic (exact) mass is 227 g/mol. The van der Waals surface area contributed by atoms with Crippen LogP contribution in [0.15, 0.2) is 24.3 Å². The van der Waals surface area contributed by atoms with Gasteiger partial charge in [-0.3, -0.25) is 9.59 Å². The number of carbonyl (C=O) groups excluding carboxylic acids is 1. The number of carboxylic acid groups (broad SMARTS) is 1. The summed E-state index contributed by atoms with van der Waals surface area (Å²) in [4.78, 5) is 21.2. The predicted octanol–water partition coefficient (Wildman–Crippen LogP) is 1.43. The molecule has 0 saturated heterocycles. The standard InChI is InChI=1S/C10H10ClNO3/c11-8-4-2-1-3-7(8)6-12-9(13)5-10(14)15/h1-4H,5-6H2,(H,12,13)(H,14,15). The first-order chi connectivity index (χ1) is 7.09. The summed E-state index contributed by atoms with van der Waals surface area (Å²) in [7, 11) is 0. The van der Waals surface area contributed by atoms with E-state index < -0.39 is 18.3 Å². The van der Waals surface area contributed by atoms with Crippen molar-refractivity contribution in [2.24, 2.45) is 0 Å². The van der Waals surface area contributed by atoms with E-state index in [1.807, 2.05) is 0 Å². The van der Waals surface area contributed by atoms with Crippen LogP contribution in [0.4, 0.5) is 0 Å². The summed E-state index contributed by atoms with van der Waals surface area (Å²) >= 11 is 5.85. The molecule has 15 heavy (non-hydrogen) atoms. The Morgan fingerprint density at radius 3 is 2.60 bits per heavy atom. The van der Waals surface area contributed by atoms with Crippen molar-refractivity contribution in [1.29, 1.82) is 0 Å². The maximum absolute atomic E-state index is 11.0. The molecule has 1 aromatic carbocycles. The minimum Gasteiger partial charge on any atom is -0.481 e. The third-order valence-electron chi connectivity index (χ3n) is 1.75. The average molecular weight is 228 g/mol. The normalized spacial score (nSPS) is 9.67. The van der Waals surface area contributed by atoms with Crippen LogP contribution < -0.4 is 5.32 Å². The Balaban J connectivity index is 2.47. The number of carbonyl (C=O) groups is 2. The third-order valence-corrected chi connectivity index (χ3v) is 2.11. The van der Waals surface area contributed by atoms with E-state index in [1.54, 1.807) is 24.3 Å². The fraction of sp³-hybridized carbons (Fsp3) is 0.200. The minimum absolute atomic E-state index is 0.242. The van der Waals surface area contributed by atoms with Crippen molar-refractivity contribution in [2.45, 2.75) is 13.0 Å². The van der Waals surface area contributed by atoms with E-state index in [2.05, 4.69) is 5.32 Å². The highest BCUT2D eigenvalue weighted by atomic mass is 35.5. The lowest BCUT2D eigenvalue weighted by Crippen LogP contribution is -2.25. The van der Waals surface area contributed by atoms with Crippen molar-refractivity contribution >= 4 is 23.5 Å². The second-order valence-corrected chi connectivity index (χ2v) is 3.35. The number of nitrogens with one attached hydrogen (secondary N) is 1. The van der Waals surface area contributed by atoms with Gasteiger partial charge in [0.2, 0.25) is 5.91 Å². The van der Waals surface area contributed by atoms with Crippen LogP contribution in [0.2, 0.25) is 5.02 Å². The van der Waals surface area contributed by atoms with Crippen molar-refractivity contribution in [2.75, 3.05) is 0 Å². The molecule has 1 rings (SSSR count). The molecule has 0 unspecified atom stereocenters. The van der Waals surface area contributed by atoms with Crippen molar-refractivity contribution in [1.82, 2.24) is 5.32 Å². The Morgan fingerprint density at radius 1 is 1.33 bits per heavy atom. The lowest BCUT2D eigenvalue weighted by Gasteiger charge is -2.05. The first-order valence-electron chi connectivity index (χ1n) is 4.31. The number of amides is 1. The molecule has 80 valence electrons. The van der Waals surface area contributed by atoms with E-state index in [0.29, 0.717) is 5.02 Å². The molecule has 0 atom stereocenters. The summed E-state index contributed by atoms with van der Waals surface area (Å²) < 4.78 is 0. The van der Waals surface area contributed by atoms with Crippen LogP contribution in [0.3, 0.4) is 0 Å². The van der Waals surface area contributed by atoms with Gasteiger partial charge in [-0.25, -0.2) is 0 Å². The molecular weight excluding hydrogens is 218 g/mol. The molecule has 2 N–H and O–H groups in total. The van der Waals surface area contributed by atoms with E-state index >= 15 is 0 Å². The Morgan fingerprint density at radius 2 is 2.00 bits per heavy atom. The minimum atomic E-state index is -1.15. The maximum Gasteiger partial charge on any atom is 0.312 e. The Bertz CT molecular complexity index is 379. The number of aliphatic carboxylic acids is 1. The fourth-order valence-corrected chi connectivity index (χ4v) is 1.24. The van der Waals surface area contributed by atoms with Crippen LogP contribution in [0.1, 0.15) is 12.0 Å². The van der Waals surface area contributed by atoms with Crippen LogP contribution in [0, 0.1) is 0 Å². The van der Waals surface area contributed by atoms with Gasteiger partial charge in [-0.05, 0) is 11.6 Å². The van der Waals surface area contributed by atoms with E-state index in [1.165, 1.54) is 0 Å². The molecule has 0 bridgehead atoms. The van der Waals surface area contributed by atoms with E-state index in [4.69, 9.17) is 16.7 Å². The number of hydrogen-bond acceptors (Lipinski definition) is 2. The van der Waals surface area contributed by atoms with E-state index in [9.17, 15) is 9.59 Å². The molecule has 0 aliphatic rings. The Hall–Kier alpha value is -1.55. The van der Waals surface area contributed by atoms with Gasteiger partial charge in [0, 0.05) is 11.6 Å². The molecule has 1 aromatic rings. The van der Waals surface area contributed by atoms with Gasteiger partial charge in [-0.1, -0.05) is 29.8 Å². The van der Waals surface area contributed by atoms with Gasteiger partial charge < -0.3 is 10.4 Å². The van der Waals surface area contributed by atoms with Crippen LogP contribution >= 0.6 is 11.6 Å². The van der Waals surface area contributed by atoms with Crippen LogP contribution in [-0.2, 0) is 16.1 Å². The SMILES string of the molecule is O=C(O)CC(=O)NCc1ccccc1Cl. The molecule has 0 saturated carbocycles. The summed E-state index contributed by atoms with van der Waals surface area (Å²) in [6, 6.07) is 7.05. The van der Waals surface area contributed by atoms with Crippen molar-refractivity contribution in [3.8, 4) is 0 Å². The molecule has 0 aliphatic heterocycles. The molecule has 0 radical (unpaired) electrons. The zero-order valence-electron chi connectivity index (χ0n) is 7.87. The van der Waals surface area contributed by atoms with Gasteiger partial charge >= 0.3 is 5.97 Å². The predicted molar refractivity (Wildman–Crippen MR) is 55.6 cm³/mol. The highest BCUT2D eigenvalue weighted by Gasteiger charge is 2.07. The van der Waals surface area contributed by atoms with Crippen LogP contribution in [-0.4, -0.2) is 17.0 Å². The Labute approximate surface area is 91.9 Å². The first-order valence-corrected chi connectivity index (χ1v) is 4.69. The molecule has 4 nitrogen and oxygen atoms in total. The summed E-state index contributed by atoms with van der Waals surface area (Å²) in [5.74, 6) is -1.67. The summed E-state index contributed by atoms with van der Waals surface area (Å²) in [6.07, 6.45) is -0.523. The third kappa shape index (κ3) is 3.99. The fourth-order valence-electron chi connectivity index (χ4n) is 1.04. The van der Waals surface area contributed by atoms with Crippen molar-refractivity contribution in [3.63, 3.8) is 0 Å². The second-order valence-electron chi connectivity index (χ2n) is 2.94. The van der Waals surface area contributed by atoms with Crippen molar-refractivity contribution in [3.05, 3.63) is 34.9 Å². The number of benzene rings is 1. The Kier molecular flexibility index (Phi) is 4.12. The second kappa shape index (κ2) is 5.36. The molecule has 1 amide bonds. The van der Waals surface area contributed by atoms with Gasteiger partial charge in [0.05, 0.1) is 0 Å². The van der Waals surface area contributed by atoms with Gasteiger partial charge in [-0.2, -0.15) is 0 Å². The van der Waals surface area contributed by atoms with Crippen LogP contribution in [0.5, 0.6) is 0 Å². The lowest BCUT2D eigenvalue weighted by atomic mass is 10.2. The maximum atomic E-state index is 11.0. The van der Waals surface area contributed by atoms with Crippen LogP contribution in [0.25, 0.3) is 0 Å². The summed E-state index contributed by atoms with van der Waals surface area (Å²) in [5, 5.41) is 11.4. The number of carboxylic acids is 1. The number of hydrogen-bond donors (Lipinski definition) is 2. The molecule has 0 aliphatic carbocycles. The highest BCUT2D eigenvalue weighted by molar-refractivity contribution is 6.31. The molecule has 5 heteroatoms. The lowest BCUT2D eigenvalue weighted by molar-refractivity contribution is -0.140. The van der Waals surface area contributed by atoms with Crippen molar-refractivity contribution < 1.29 is 14.7 Å². The average Bonchev–Trinajstić information content (AvgIpc) is 2.15. The molecule has 0 fully saturated rings. The number of rotatable bonds is 4. The molecule has 0 aromatic heterocycles. The quantitative estimate of drug-likeness (QED) is 0.765. The zero-order valence-corrected chi connectivity index (χ0v) is 8.62. The zero-order chi connectivity index (χ0) is 11.3. The first kappa shape index (κ1) is 11.5.